The Kier molecular flexibility index (Phi) is 3.57. The smallest absolute Gasteiger partial charge is 0.257 e. The molecule has 0 aliphatic carbocycles. The average molecular weight is 242 g/mol. The molecule has 0 unspecified atom stereocenters. The molecule has 2 aromatic rings. The van der Waals surface area contributed by atoms with Crippen molar-refractivity contribution in [3.8, 4) is 5.75 Å². The number of hydrogen-bond donors (Lipinski definition) is 1. The van der Waals surface area contributed by atoms with Crippen LogP contribution in [0.3, 0.4) is 0 Å². The quantitative estimate of drug-likeness (QED) is 0.900. The maximum atomic E-state index is 12.0. The number of aryl methyl sites for hydroxylation is 1. The number of rotatable bonds is 3. The molecule has 1 heterocycles. The summed E-state index contributed by atoms with van der Waals surface area (Å²) in [4.78, 5) is 15.9. The van der Waals surface area contributed by atoms with Crippen LogP contribution in [0.5, 0.6) is 5.75 Å². The lowest BCUT2D eigenvalue weighted by Crippen LogP contribution is -2.12. The fourth-order valence-corrected chi connectivity index (χ4v) is 1.61. The molecule has 4 nitrogen and oxygen atoms in total. The maximum absolute atomic E-state index is 12.0. The van der Waals surface area contributed by atoms with Crippen molar-refractivity contribution in [2.45, 2.75) is 6.92 Å². The lowest BCUT2D eigenvalue weighted by molar-refractivity contribution is 0.102. The van der Waals surface area contributed by atoms with Crippen molar-refractivity contribution >= 4 is 11.6 Å². The van der Waals surface area contributed by atoms with E-state index in [0.29, 0.717) is 17.0 Å². The zero-order valence-electron chi connectivity index (χ0n) is 10.3. The van der Waals surface area contributed by atoms with Crippen LogP contribution in [0, 0.1) is 6.92 Å². The van der Waals surface area contributed by atoms with Crippen LogP contribution in [0.25, 0.3) is 0 Å². The Labute approximate surface area is 106 Å². The highest BCUT2D eigenvalue weighted by Crippen LogP contribution is 2.25. The topological polar surface area (TPSA) is 51.2 Å². The first-order chi connectivity index (χ1) is 8.70. The van der Waals surface area contributed by atoms with Crippen LogP contribution < -0.4 is 10.1 Å². The summed E-state index contributed by atoms with van der Waals surface area (Å²) in [6, 6.07) is 9.06. The molecule has 1 N–H and O–H groups in total. The predicted molar refractivity (Wildman–Crippen MR) is 69.9 cm³/mol. The van der Waals surface area contributed by atoms with Crippen molar-refractivity contribution in [1.29, 1.82) is 0 Å². The summed E-state index contributed by atoms with van der Waals surface area (Å²) in [6.07, 6.45) is 3.15. The van der Waals surface area contributed by atoms with E-state index < -0.39 is 0 Å². The molecule has 18 heavy (non-hydrogen) atoms. The van der Waals surface area contributed by atoms with E-state index in [1.54, 1.807) is 25.4 Å². The number of methoxy groups -OCH3 is 1. The Balaban J connectivity index is 2.24. The summed E-state index contributed by atoms with van der Waals surface area (Å²) in [7, 11) is 1.57. The van der Waals surface area contributed by atoms with Gasteiger partial charge >= 0.3 is 0 Å². The Bertz CT molecular complexity index is 553. The minimum absolute atomic E-state index is 0.202. The summed E-state index contributed by atoms with van der Waals surface area (Å²) < 4.78 is 5.21. The molecule has 0 radical (unpaired) electrons. The second-order valence-corrected chi connectivity index (χ2v) is 3.90. The van der Waals surface area contributed by atoms with E-state index in [0.717, 1.165) is 5.56 Å². The van der Waals surface area contributed by atoms with Gasteiger partial charge in [0, 0.05) is 12.4 Å². The van der Waals surface area contributed by atoms with Gasteiger partial charge in [-0.15, -0.1) is 0 Å². The SMILES string of the molecule is COc1ccc(C)cc1NC(=O)c1cccnc1. The molecule has 0 spiro atoms. The first kappa shape index (κ1) is 12.1. The van der Waals surface area contributed by atoms with Crippen molar-refractivity contribution in [3.63, 3.8) is 0 Å². The maximum Gasteiger partial charge on any atom is 0.257 e. The van der Waals surface area contributed by atoms with E-state index >= 15 is 0 Å². The molecule has 0 bridgehead atoms. The van der Waals surface area contributed by atoms with Crippen LogP contribution in [-0.4, -0.2) is 18.0 Å². The molecular weight excluding hydrogens is 228 g/mol. The standard InChI is InChI=1S/C14H14N2O2/c1-10-5-6-13(18-2)12(8-10)16-14(17)11-4-3-7-15-9-11/h3-9H,1-2H3,(H,16,17). The van der Waals surface area contributed by atoms with Crippen molar-refractivity contribution in [2.75, 3.05) is 12.4 Å². The molecule has 0 fully saturated rings. The normalized spacial score (nSPS) is 9.89. The van der Waals surface area contributed by atoms with Gasteiger partial charge in [0.25, 0.3) is 5.91 Å². The number of carbonyl (C=O) groups excluding carboxylic acids is 1. The lowest BCUT2D eigenvalue weighted by atomic mass is 10.2. The molecule has 2 rings (SSSR count). The van der Waals surface area contributed by atoms with Crippen molar-refractivity contribution < 1.29 is 9.53 Å². The van der Waals surface area contributed by atoms with Crippen LogP contribution >= 0.6 is 0 Å². The zero-order chi connectivity index (χ0) is 13.0. The van der Waals surface area contributed by atoms with Gasteiger partial charge in [-0.25, -0.2) is 0 Å². The Morgan fingerprint density at radius 2 is 2.17 bits per heavy atom. The van der Waals surface area contributed by atoms with Crippen LogP contribution in [0.1, 0.15) is 15.9 Å². The molecule has 0 atom stereocenters. The van der Waals surface area contributed by atoms with Gasteiger partial charge in [-0.3, -0.25) is 9.78 Å². The van der Waals surface area contributed by atoms with E-state index in [4.69, 9.17) is 4.74 Å². The number of amides is 1. The number of benzene rings is 1. The molecule has 0 aliphatic rings. The molecule has 0 saturated heterocycles. The minimum atomic E-state index is -0.202. The van der Waals surface area contributed by atoms with E-state index in [-0.39, 0.29) is 5.91 Å². The highest BCUT2D eigenvalue weighted by Gasteiger charge is 2.09. The number of hydrogen-bond acceptors (Lipinski definition) is 3. The molecule has 4 heteroatoms. The fraction of sp³-hybridized carbons (Fsp3) is 0.143. The summed E-state index contributed by atoms with van der Waals surface area (Å²) in [5.74, 6) is 0.435. The molecule has 0 saturated carbocycles. The van der Waals surface area contributed by atoms with Gasteiger partial charge in [0.15, 0.2) is 0 Å². The third-order valence-electron chi connectivity index (χ3n) is 2.53. The van der Waals surface area contributed by atoms with E-state index in [1.165, 1.54) is 6.20 Å². The lowest BCUT2D eigenvalue weighted by Gasteiger charge is -2.10. The molecule has 1 aromatic carbocycles. The van der Waals surface area contributed by atoms with Crippen LogP contribution in [0.2, 0.25) is 0 Å². The molecule has 0 aliphatic heterocycles. The first-order valence-electron chi connectivity index (χ1n) is 5.56. The second-order valence-electron chi connectivity index (χ2n) is 3.90. The van der Waals surface area contributed by atoms with E-state index in [1.807, 2.05) is 25.1 Å². The summed E-state index contributed by atoms with van der Waals surface area (Å²) in [6.45, 7) is 1.96. The van der Waals surface area contributed by atoms with Crippen LogP contribution in [-0.2, 0) is 0 Å². The Hall–Kier alpha value is -2.36. The summed E-state index contributed by atoms with van der Waals surface area (Å²) in [5.41, 5.74) is 2.23. The second kappa shape index (κ2) is 5.31. The molecule has 1 aromatic heterocycles. The first-order valence-corrected chi connectivity index (χ1v) is 5.56. The number of carbonyl (C=O) groups is 1. The third-order valence-corrected chi connectivity index (χ3v) is 2.53. The third kappa shape index (κ3) is 2.66. The predicted octanol–water partition coefficient (Wildman–Crippen LogP) is 2.65. The number of nitrogens with zero attached hydrogens (tertiary/aromatic N) is 1. The minimum Gasteiger partial charge on any atom is -0.495 e. The van der Waals surface area contributed by atoms with Crippen LogP contribution in [0.15, 0.2) is 42.7 Å². The monoisotopic (exact) mass is 242 g/mol. The van der Waals surface area contributed by atoms with E-state index in [9.17, 15) is 4.79 Å². The number of nitrogens with one attached hydrogen (secondary N) is 1. The Morgan fingerprint density at radius 3 is 2.83 bits per heavy atom. The number of aromatic nitrogens is 1. The van der Waals surface area contributed by atoms with E-state index in [2.05, 4.69) is 10.3 Å². The van der Waals surface area contributed by atoms with Gasteiger partial charge in [-0.05, 0) is 36.8 Å². The van der Waals surface area contributed by atoms with Crippen molar-refractivity contribution in [1.82, 2.24) is 4.98 Å². The largest absolute Gasteiger partial charge is 0.495 e. The zero-order valence-corrected chi connectivity index (χ0v) is 10.3. The molecule has 1 amide bonds. The van der Waals surface area contributed by atoms with Crippen molar-refractivity contribution in [3.05, 3.63) is 53.9 Å². The van der Waals surface area contributed by atoms with Gasteiger partial charge in [0.2, 0.25) is 0 Å². The number of pyridine rings is 1. The molecule has 92 valence electrons. The van der Waals surface area contributed by atoms with Gasteiger partial charge < -0.3 is 10.1 Å². The van der Waals surface area contributed by atoms with Gasteiger partial charge in [-0.1, -0.05) is 6.07 Å². The highest BCUT2D eigenvalue weighted by atomic mass is 16.5. The Morgan fingerprint density at radius 1 is 1.33 bits per heavy atom. The fourth-order valence-electron chi connectivity index (χ4n) is 1.61. The van der Waals surface area contributed by atoms with Gasteiger partial charge in [-0.2, -0.15) is 0 Å². The van der Waals surface area contributed by atoms with Crippen LogP contribution in [0.4, 0.5) is 5.69 Å². The summed E-state index contributed by atoms with van der Waals surface area (Å²) in [5, 5.41) is 2.81. The highest BCUT2D eigenvalue weighted by molar-refractivity contribution is 6.04. The van der Waals surface area contributed by atoms with Crippen molar-refractivity contribution in [2.24, 2.45) is 0 Å². The summed E-state index contributed by atoms with van der Waals surface area (Å²) >= 11 is 0. The number of ether oxygens (including phenoxy) is 1. The van der Waals surface area contributed by atoms with Gasteiger partial charge in [0.05, 0.1) is 18.4 Å². The molecular formula is C14H14N2O2. The average Bonchev–Trinajstić information content (AvgIpc) is 2.40. The van der Waals surface area contributed by atoms with Gasteiger partial charge in [0.1, 0.15) is 5.75 Å². The number of anilines is 1.